The number of nitrogens with one attached hydrogen (secondary N) is 1. The number of carbonyl (C=O) groups excluding carboxylic acids is 1. The molecule has 0 spiro atoms. The van der Waals surface area contributed by atoms with Gasteiger partial charge in [-0.15, -0.1) is 0 Å². The van der Waals surface area contributed by atoms with E-state index < -0.39 is 10.0 Å². The van der Waals surface area contributed by atoms with Gasteiger partial charge in [-0.05, 0) is 62.4 Å². The number of rotatable bonds is 5. The Kier molecular flexibility index (Phi) is 5.83. The van der Waals surface area contributed by atoms with Gasteiger partial charge in [0.1, 0.15) is 5.69 Å². The Balaban J connectivity index is 1.44. The van der Waals surface area contributed by atoms with E-state index in [-0.39, 0.29) is 17.2 Å². The van der Waals surface area contributed by atoms with Crippen molar-refractivity contribution < 1.29 is 17.7 Å². The van der Waals surface area contributed by atoms with Crippen molar-refractivity contribution in [1.29, 1.82) is 0 Å². The summed E-state index contributed by atoms with van der Waals surface area (Å²) in [5.41, 5.74) is 3.86. The largest absolute Gasteiger partial charge is 0.356 e. The standard InChI is InChI=1S/C22H26N4O4S/c1-15-12-16(2)22-19(24-30-20(22)13-15)14-21(27)23-17-4-6-18(7-5-17)31(28,29)26-10-8-25(3)9-11-26/h4-7,12-13H,8-11,14H2,1-3H3,(H,23,27). The maximum Gasteiger partial charge on any atom is 0.243 e. The minimum Gasteiger partial charge on any atom is -0.356 e. The van der Waals surface area contributed by atoms with Gasteiger partial charge in [0.2, 0.25) is 15.9 Å². The molecule has 0 unspecified atom stereocenters. The molecule has 9 heteroatoms. The van der Waals surface area contributed by atoms with Crippen molar-refractivity contribution in [2.45, 2.75) is 25.2 Å². The molecule has 0 saturated carbocycles. The monoisotopic (exact) mass is 442 g/mol. The van der Waals surface area contributed by atoms with Gasteiger partial charge in [0.15, 0.2) is 5.58 Å². The number of anilines is 1. The van der Waals surface area contributed by atoms with E-state index in [1.807, 2.05) is 33.0 Å². The van der Waals surface area contributed by atoms with Gasteiger partial charge in [-0.25, -0.2) is 8.42 Å². The summed E-state index contributed by atoms with van der Waals surface area (Å²) in [6.45, 7) is 6.32. The highest BCUT2D eigenvalue weighted by atomic mass is 32.2. The van der Waals surface area contributed by atoms with Gasteiger partial charge in [0.25, 0.3) is 0 Å². The number of sulfonamides is 1. The van der Waals surface area contributed by atoms with Crippen molar-refractivity contribution in [3.8, 4) is 0 Å². The summed E-state index contributed by atoms with van der Waals surface area (Å²) in [6.07, 6.45) is 0.0677. The fourth-order valence-electron chi connectivity index (χ4n) is 3.89. The Labute approximate surface area is 181 Å². The molecule has 0 radical (unpaired) electrons. The highest BCUT2D eigenvalue weighted by Crippen LogP contribution is 2.25. The zero-order valence-corrected chi connectivity index (χ0v) is 18.7. The first-order valence-corrected chi connectivity index (χ1v) is 11.6. The molecule has 2 heterocycles. The van der Waals surface area contributed by atoms with Crippen LogP contribution >= 0.6 is 0 Å². The quantitative estimate of drug-likeness (QED) is 0.653. The zero-order chi connectivity index (χ0) is 22.2. The molecule has 1 fully saturated rings. The number of carbonyl (C=O) groups is 1. The number of hydrogen-bond donors (Lipinski definition) is 1. The summed E-state index contributed by atoms with van der Waals surface area (Å²) in [7, 11) is -1.55. The van der Waals surface area contributed by atoms with Gasteiger partial charge in [-0.1, -0.05) is 11.2 Å². The summed E-state index contributed by atoms with van der Waals surface area (Å²) >= 11 is 0. The second-order valence-electron chi connectivity index (χ2n) is 8.04. The molecule has 0 atom stereocenters. The minimum absolute atomic E-state index is 0.0677. The molecule has 164 valence electrons. The Morgan fingerprint density at radius 3 is 2.45 bits per heavy atom. The average Bonchev–Trinajstić information content (AvgIpc) is 3.11. The third-order valence-corrected chi connectivity index (χ3v) is 7.47. The van der Waals surface area contributed by atoms with Crippen molar-refractivity contribution in [2.75, 3.05) is 38.5 Å². The van der Waals surface area contributed by atoms with Crippen molar-refractivity contribution in [3.05, 3.63) is 53.2 Å². The highest BCUT2D eigenvalue weighted by Gasteiger charge is 2.27. The third kappa shape index (κ3) is 4.48. The molecule has 1 amide bonds. The SMILES string of the molecule is Cc1cc(C)c2c(CC(=O)Nc3ccc(S(=O)(=O)N4CCN(C)CC4)cc3)noc2c1. The van der Waals surface area contributed by atoms with Gasteiger partial charge in [-0.2, -0.15) is 4.31 Å². The van der Waals surface area contributed by atoms with Crippen LogP contribution in [0.2, 0.25) is 0 Å². The minimum atomic E-state index is -3.53. The van der Waals surface area contributed by atoms with Crippen molar-refractivity contribution in [3.63, 3.8) is 0 Å². The first-order valence-electron chi connectivity index (χ1n) is 10.2. The maximum absolute atomic E-state index is 12.8. The molecule has 1 saturated heterocycles. The molecule has 1 aliphatic rings. The number of aromatic nitrogens is 1. The Bertz CT molecular complexity index is 1210. The van der Waals surface area contributed by atoms with Crippen molar-refractivity contribution >= 4 is 32.6 Å². The van der Waals surface area contributed by atoms with Gasteiger partial charge in [-0.3, -0.25) is 4.79 Å². The van der Waals surface area contributed by atoms with Crippen LogP contribution in [0.25, 0.3) is 11.0 Å². The van der Waals surface area contributed by atoms with E-state index in [0.717, 1.165) is 16.5 Å². The summed E-state index contributed by atoms with van der Waals surface area (Å²) in [4.78, 5) is 14.9. The molecule has 2 aromatic carbocycles. The van der Waals surface area contributed by atoms with Crippen LogP contribution in [0.4, 0.5) is 5.69 Å². The predicted molar refractivity (Wildman–Crippen MR) is 119 cm³/mol. The van der Waals surface area contributed by atoms with Crippen LogP contribution in [0.15, 0.2) is 45.8 Å². The highest BCUT2D eigenvalue weighted by molar-refractivity contribution is 7.89. The Morgan fingerprint density at radius 2 is 1.77 bits per heavy atom. The molecule has 1 aromatic heterocycles. The first-order chi connectivity index (χ1) is 14.7. The number of hydrogen-bond acceptors (Lipinski definition) is 6. The van der Waals surface area contributed by atoms with Crippen LogP contribution in [0.5, 0.6) is 0 Å². The summed E-state index contributed by atoms with van der Waals surface area (Å²) in [6, 6.07) is 10.2. The fraction of sp³-hybridized carbons (Fsp3) is 0.364. The van der Waals surface area contributed by atoms with E-state index in [2.05, 4.69) is 15.4 Å². The lowest BCUT2D eigenvalue weighted by atomic mass is 10.0. The van der Waals surface area contributed by atoms with Crippen molar-refractivity contribution in [1.82, 2.24) is 14.4 Å². The van der Waals surface area contributed by atoms with Crippen LogP contribution in [0.3, 0.4) is 0 Å². The topological polar surface area (TPSA) is 95.8 Å². The van der Waals surface area contributed by atoms with Gasteiger partial charge in [0.05, 0.1) is 11.3 Å². The van der Waals surface area contributed by atoms with E-state index in [4.69, 9.17) is 4.52 Å². The maximum atomic E-state index is 12.8. The van der Waals surface area contributed by atoms with Gasteiger partial charge >= 0.3 is 0 Å². The summed E-state index contributed by atoms with van der Waals surface area (Å²) in [5.74, 6) is -0.246. The van der Waals surface area contributed by atoms with Crippen LogP contribution in [0, 0.1) is 13.8 Å². The number of aryl methyl sites for hydroxylation is 2. The van der Waals surface area contributed by atoms with E-state index in [0.29, 0.717) is 43.1 Å². The Morgan fingerprint density at radius 1 is 1.10 bits per heavy atom. The second kappa shape index (κ2) is 8.41. The lowest BCUT2D eigenvalue weighted by Gasteiger charge is -2.31. The average molecular weight is 443 g/mol. The lowest BCUT2D eigenvalue weighted by molar-refractivity contribution is -0.115. The second-order valence-corrected chi connectivity index (χ2v) is 9.98. The van der Waals surface area contributed by atoms with E-state index in [1.54, 1.807) is 12.1 Å². The molecule has 31 heavy (non-hydrogen) atoms. The number of piperazine rings is 1. The Hall–Kier alpha value is -2.75. The number of amides is 1. The molecular formula is C22H26N4O4S. The van der Waals surface area contributed by atoms with Crippen LogP contribution in [0.1, 0.15) is 16.8 Å². The zero-order valence-electron chi connectivity index (χ0n) is 17.9. The third-order valence-electron chi connectivity index (χ3n) is 5.55. The van der Waals surface area contributed by atoms with Gasteiger partial charge in [0, 0.05) is 37.3 Å². The van der Waals surface area contributed by atoms with E-state index >= 15 is 0 Å². The number of benzene rings is 2. The van der Waals surface area contributed by atoms with Crippen molar-refractivity contribution in [2.24, 2.45) is 0 Å². The number of fused-ring (bicyclic) bond motifs is 1. The molecular weight excluding hydrogens is 416 g/mol. The molecule has 4 rings (SSSR count). The molecule has 8 nitrogen and oxygen atoms in total. The fourth-order valence-corrected chi connectivity index (χ4v) is 5.31. The lowest BCUT2D eigenvalue weighted by Crippen LogP contribution is -2.46. The molecule has 0 bridgehead atoms. The summed E-state index contributed by atoms with van der Waals surface area (Å²) in [5, 5.41) is 7.72. The van der Waals surface area contributed by atoms with Gasteiger partial charge < -0.3 is 14.7 Å². The van der Waals surface area contributed by atoms with E-state index in [9.17, 15) is 13.2 Å². The smallest absolute Gasteiger partial charge is 0.243 e. The first kappa shape index (κ1) is 21.5. The predicted octanol–water partition coefficient (Wildman–Crippen LogP) is 2.56. The molecule has 0 aliphatic carbocycles. The van der Waals surface area contributed by atoms with E-state index in [1.165, 1.54) is 16.4 Å². The number of nitrogens with zero attached hydrogens (tertiary/aromatic N) is 3. The summed E-state index contributed by atoms with van der Waals surface area (Å²) < 4.78 is 32.5. The molecule has 1 N–H and O–H groups in total. The normalized spacial score (nSPS) is 16.0. The van der Waals surface area contributed by atoms with Crippen LogP contribution in [-0.4, -0.2) is 61.9 Å². The molecule has 3 aromatic rings. The van der Waals surface area contributed by atoms with Crippen LogP contribution in [-0.2, 0) is 21.2 Å². The van der Waals surface area contributed by atoms with Crippen LogP contribution < -0.4 is 5.32 Å². The molecule has 1 aliphatic heterocycles. The number of likely N-dealkylation sites (N-methyl/N-ethyl adjacent to an activating group) is 1.